The molecule has 3 N–H and O–H groups in total. The average Bonchev–Trinajstić information content (AvgIpc) is 3.85. The lowest BCUT2D eigenvalue weighted by molar-refractivity contribution is 0.0567. The normalized spacial score (nSPS) is 21.1. The standard InChI is InChI=1S/C19H28ClN3O3S.C18H26ClN3O4S.C17H25Cl2N3O3S/c1-9-12-10-13-14(15(20)21-12)23(16(24)26-17(2,3)4)11-19(13,8)22-27(25)18(5,6)7;1-16(2,3)26-15(24)22-10-18(7,21-27(25)17(4,5)6)12-8-11(9-23)20-14(19)13(12)22;1-15(2,3)25-14(23)22-9-17(7,21-26(24)16(4,5)6)10-8-11(18)20-13(19)12(10)22/h9-10,22H,1,11H2,2-8H3;8-9,21H,10H2,1-7H3;8,21H,9H2,1-7H3/t19-,27?;18-,27?;17-,26?/m000/s1. The van der Waals surface area contributed by atoms with Gasteiger partial charge in [0.2, 0.25) is 0 Å². The van der Waals surface area contributed by atoms with Gasteiger partial charge in [0, 0.05) is 16.7 Å². The van der Waals surface area contributed by atoms with Crippen LogP contribution in [-0.4, -0.2) is 103 Å². The Morgan fingerprint density at radius 2 is 0.775 bits per heavy atom. The number of nitrogens with one attached hydrogen (secondary N) is 3. The fraction of sp³-hybridized carbons (Fsp3) is 0.611. The number of hydrogen-bond donors (Lipinski definition) is 3. The lowest BCUT2D eigenvalue weighted by Crippen LogP contribution is -2.49. The van der Waals surface area contributed by atoms with E-state index in [2.05, 4.69) is 35.7 Å². The zero-order valence-electron chi connectivity index (χ0n) is 49.7. The molecule has 0 spiro atoms. The monoisotopic (exact) mass is 1250 g/mol. The van der Waals surface area contributed by atoms with Gasteiger partial charge in [-0.05, 0) is 170 Å². The van der Waals surface area contributed by atoms with E-state index in [0.717, 1.165) is 5.56 Å². The van der Waals surface area contributed by atoms with Gasteiger partial charge in [-0.2, -0.15) is 0 Å². The van der Waals surface area contributed by atoms with Crippen molar-refractivity contribution in [2.45, 2.75) is 193 Å². The number of carbonyl (C=O) groups excluding carboxylic acids is 4. The quantitative estimate of drug-likeness (QED) is 0.108. The molecular weight excluding hydrogens is 1170 g/mol. The molecule has 446 valence electrons. The third kappa shape index (κ3) is 16.9. The number of fused-ring (bicyclic) bond motifs is 3. The summed E-state index contributed by atoms with van der Waals surface area (Å²) in [5.74, 6) is 0. The van der Waals surface area contributed by atoms with E-state index in [-0.39, 0.29) is 45.9 Å². The average molecular weight is 1250 g/mol. The lowest BCUT2D eigenvalue weighted by atomic mass is 9.96. The van der Waals surface area contributed by atoms with Crippen LogP contribution in [0.2, 0.25) is 20.6 Å². The van der Waals surface area contributed by atoms with Crippen molar-refractivity contribution in [3.63, 3.8) is 0 Å². The Morgan fingerprint density at radius 3 is 1.04 bits per heavy atom. The highest BCUT2D eigenvalue weighted by Crippen LogP contribution is 2.47. The molecule has 6 atom stereocenters. The van der Waals surface area contributed by atoms with E-state index in [1.54, 1.807) is 80.5 Å². The summed E-state index contributed by atoms with van der Waals surface area (Å²) in [6.07, 6.45) is 0.522. The van der Waals surface area contributed by atoms with Gasteiger partial charge in [0.25, 0.3) is 0 Å². The molecule has 3 amide bonds. The maximum absolute atomic E-state index is 12.8. The predicted octanol–water partition coefficient (Wildman–Crippen LogP) is 12.4. The van der Waals surface area contributed by atoms with Crippen molar-refractivity contribution in [2.75, 3.05) is 34.3 Å². The Bertz CT molecular complexity index is 2850. The van der Waals surface area contributed by atoms with Crippen LogP contribution in [0.5, 0.6) is 0 Å². The van der Waals surface area contributed by atoms with Gasteiger partial charge in [-0.25, -0.2) is 56.1 Å². The van der Waals surface area contributed by atoms with Crippen LogP contribution >= 0.6 is 46.4 Å². The molecule has 26 heteroatoms. The van der Waals surface area contributed by atoms with E-state index in [9.17, 15) is 31.8 Å². The fourth-order valence-corrected chi connectivity index (χ4v) is 11.7. The number of anilines is 3. The van der Waals surface area contributed by atoms with E-state index in [1.165, 1.54) is 14.7 Å². The van der Waals surface area contributed by atoms with Crippen molar-refractivity contribution >= 4 is 127 Å². The van der Waals surface area contributed by atoms with Gasteiger partial charge >= 0.3 is 18.3 Å². The molecular formula is C54H79Cl4N9O10S3. The minimum absolute atomic E-state index is 0.0209. The van der Waals surface area contributed by atoms with Gasteiger partial charge in [0.05, 0.1) is 106 Å². The summed E-state index contributed by atoms with van der Waals surface area (Å²) < 4.78 is 62.6. The first-order chi connectivity index (χ1) is 36.0. The van der Waals surface area contributed by atoms with E-state index < -0.39 is 98.9 Å². The van der Waals surface area contributed by atoms with Crippen molar-refractivity contribution in [1.29, 1.82) is 0 Å². The summed E-state index contributed by atoms with van der Waals surface area (Å²) >= 11 is 25.1. The highest BCUT2D eigenvalue weighted by Gasteiger charge is 2.50. The van der Waals surface area contributed by atoms with Crippen LogP contribution in [0.3, 0.4) is 0 Å². The molecule has 0 saturated heterocycles. The molecule has 0 radical (unpaired) electrons. The molecule has 0 bridgehead atoms. The van der Waals surface area contributed by atoms with Crippen LogP contribution in [-0.2, 0) is 63.8 Å². The second-order valence-corrected chi connectivity index (χ2v) is 33.4. The molecule has 6 rings (SSSR count). The molecule has 3 aromatic heterocycles. The van der Waals surface area contributed by atoms with Crippen molar-refractivity contribution in [3.8, 4) is 0 Å². The summed E-state index contributed by atoms with van der Waals surface area (Å²) in [7, 11) is -4.14. The zero-order chi connectivity index (χ0) is 61.6. The molecule has 6 heterocycles. The van der Waals surface area contributed by atoms with Crippen LogP contribution in [0, 0.1) is 0 Å². The fourth-order valence-electron chi connectivity index (χ4n) is 7.92. The molecule has 80 heavy (non-hydrogen) atoms. The van der Waals surface area contributed by atoms with Crippen LogP contribution in [0.15, 0.2) is 24.8 Å². The number of hydrogen-bond acceptors (Lipinski definition) is 13. The predicted molar refractivity (Wildman–Crippen MR) is 324 cm³/mol. The molecule has 0 aliphatic carbocycles. The second kappa shape index (κ2) is 24.4. The Kier molecular flexibility index (Phi) is 20.9. The minimum atomic E-state index is -1.42. The first-order valence-corrected chi connectivity index (χ1v) is 30.4. The van der Waals surface area contributed by atoms with Crippen molar-refractivity contribution in [2.24, 2.45) is 0 Å². The number of aromatic nitrogens is 3. The van der Waals surface area contributed by atoms with Gasteiger partial charge < -0.3 is 14.2 Å². The van der Waals surface area contributed by atoms with Gasteiger partial charge in [-0.15, -0.1) is 0 Å². The van der Waals surface area contributed by atoms with Gasteiger partial charge in [0.1, 0.15) is 27.7 Å². The molecule has 0 saturated carbocycles. The maximum atomic E-state index is 12.8. The van der Waals surface area contributed by atoms with Gasteiger partial charge in [-0.1, -0.05) is 53.0 Å². The number of pyridine rings is 3. The largest absolute Gasteiger partial charge is 0.443 e. The molecule has 19 nitrogen and oxygen atoms in total. The van der Waals surface area contributed by atoms with E-state index >= 15 is 0 Å². The zero-order valence-corrected chi connectivity index (χ0v) is 55.2. The Morgan fingerprint density at radius 1 is 0.512 bits per heavy atom. The van der Waals surface area contributed by atoms with Crippen molar-refractivity contribution < 1.29 is 46.0 Å². The smallest absolute Gasteiger partial charge is 0.414 e. The first kappa shape index (κ1) is 68.7. The highest BCUT2D eigenvalue weighted by atomic mass is 35.5. The van der Waals surface area contributed by atoms with Crippen LogP contribution in [0.25, 0.3) is 6.08 Å². The first-order valence-electron chi connectivity index (χ1n) is 25.5. The van der Waals surface area contributed by atoms with Crippen molar-refractivity contribution in [1.82, 2.24) is 29.1 Å². The molecule has 0 aromatic carbocycles. The summed E-state index contributed by atoms with van der Waals surface area (Å²) in [6, 6.07) is 5.01. The number of halogens is 4. The molecule has 3 aliphatic heterocycles. The summed E-state index contributed by atoms with van der Waals surface area (Å²) in [4.78, 5) is 66.1. The van der Waals surface area contributed by atoms with Crippen LogP contribution < -0.4 is 28.9 Å². The number of amides is 3. The molecule has 3 aliphatic rings. The van der Waals surface area contributed by atoms with Gasteiger partial charge in [0.15, 0.2) is 21.7 Å². The number of rotatable bonds is 8. The molecule has 3 unspecified atom stereocenters. The summed E-state index contributed by atoms with van der Waals surface area (Å²) in [5.41, 5.74) is -0.562. The number of carbonyl (C=O) groups is 4. The Balaban J connectivity index is 0.000000258. The highest BCUT2D eigenvalue weighted by molar-refractivity contribution is 7.85. The number of nitrogens with zero attached hydrogens (tertiary/aromatic N) is 6. The Labute approximate surface area is 499 Å². The van der Waals surface area contributed by atoms with Crippen LogP contribution in [0.1, 0.15) is 178 Å². The summed E-state index contributed by atoms with van der Waals surface area (Å²) in [6.45, 7) is 42.7. The number of aldehydes is 1. The topological polar surface area (TPSA) is 232 Å². The molecule has 0 fully saturated rings. The van der Waals surface area contributed by atoms with E-state index in [0.29, 0.717) is 40.2 Å². The second-order valence-electron chi connectivity index (χ2n) is 26.1. The summed E-state index contributed by atoms with van der Waals surface area (Å²) in [5, 5.41) is 0.507. The molecule has 3 aromatic rings. The van der Waals surface area contributed by atoms with Crippen molar-refractivity contribution in [3.05, 3.63) is 73.5 Å². The van der Waals surface area contributed by atoms with E-state index in [4.69, 9.17) is 60.6 Å². The van der Waals surface area contributed by atoms with Gasteiger partial charge in [-0.3, -0.25) is 19.5 Å². The third-order valence-electron chi connectivity index (χ3n) is 11.7. The third-order valence-corrected chi connectivity index (χ3v) is 17.9. The number of ether oxygens (including phenoxy) is 3. The lowest BCUT2D eigenvalue weighted by Gasteiger charge is -2.31. The maximum Gasteiger partial charge on any atom is 0.414 e. The SMILES string of the molecule is C=Cc1cc2c(c(Cl)n1)N(C(=O)OC(C)(C)C)C[C@]2(C)NS(=O)C(C)(C)C.CC(C)(C)OC(=O)N1C[C@](C)(NS(=O)C(C)(C)C)c2cc(C=O)nc(Cl)c21.CC(C)(C)OC(=O)N1C[C@](C)(NS(=O)C(C)(C)C)c2cc(Cl)nc(Cl)c21. The van der Waals surface area contributed by atoms with Crippen LogP contribution in [0.4, 0.5) is 31.4 Å². The Hall–Kier alpha value is -3.84. The van der Waals surface area contributed by atoms with E-state index in [1.807, 2.05) is 89.2 Å². The minimum Gasteiger partial charge on any atom is -0.443 e.